The van der Waals surface area contributed by atoms with Gasteiger partial charge in [-0.15, -0.1) is 0 Å². The molecule has 0 unspecified atom stereocenters. The number of amides is 1. The molecule has 0 aromatic heterocycles. The van der Waals surface area contributed by atoms with E-state index >= 15 is 0 Å². The molecule has 0 spiro atoms. The standard InChI is InChI=1S/C17H19NO4/c1-20-14-9-11(10-15(21-2)16(14)22-3)8-12-6-4-5-7-13(12)17(18)19/h4-7,9-10H,8H2,1-3H3,(H2,18,19). The molecule has 0 atom stereocenters. The van der Waals surface area contributed by atoms with Crippen LogP contribution < -0.4 is 19.9 Å². The molecule has 0 bridgehead atoms. The summed E-state index contributed by atoms with van der Waals surface area (Å²) in [5, 5.41) is 0. The summed E-state index contributed by atoms with van der Waals surface area (Å²) in [5.41, 5.74) is 7.71. The Kier molecular flexibility index (Phi) is 4.88. The van der Waals surface area contributed by atoms with Gasteiger partial charge in [-0.05, 0) is 35.7 Å². The second kappa shape index (κ2) is 6.85. The van der Waals surface area contributed by atoms with Gasteiger partial charge < -0.3 is 19.9 Å². The monoisotopic (exact) mass is 301 g/mol. The number of rotatable bonds is 6. The molecule has 0 aliphatic heterocycles. The second-order valence-corrected chi connectivity index (χ2v) is 4.73. The molecule has 5 heteroatoms. The number of carbonyl (C=O) groups excluding carboxylic acids is 1. The van der Waals surface area contributed by atoms with Crippen molar-refractivity contribution in [3.05, 3.63) is 53.1 Å². The molecule has 2 aromatic carbocycles. The molecule has 0 aliphatic carbocycles. The number of hydrogen-bond donors (Lipinski definition) is 1. The normalized spacial score (nSPS) is 10.1. The average molecular weight is 301 g/mol. The van der Waals surface area contributed by atoms with E-state index in [-0.39, 0.29) is 0 Å². The molecule has 22 heavy (non-hydrogen) atoms. The third kappa shape index (κ3) is 3.14. The van der Waals surface area contributed by atoms with Crippen molar-refractivity contribution >= 4 is 5.91 Å². The summed E-state index contributed by atoms with van der Waals surface area (Å²) in [5.74, 6) is 1.25. The summed E-state index contributed by atoms with van der Waals surface area (Å²) in [6.07, 6.45) is 0.538. The van der Waals surface area contributed by atoms with Gasteiger partial charge >= 0.3 is 0 Å². The lowest BCUT2D eigenvalue weighted by Gasteiger charge is -2.14. The number of primary amides is 1. The Bertz CT molecular complexity index is 657. The Balaban J connectivity index is 2.44. The predicted octanol–water partition coefficient (Wildman–Crippen LogP) is 2.40. The van der Waals surface area contributed by atoms with Crippen molar-refractivity contribution in [1.82, 2.24) is 0 Å². The molecular weight excluding hydrogens is 282 g/mol. The summed E-state index contributed by atoms with van der Waals surface area (Å²) < 4.78 is 16.0. The Morgan fingerprint density at radius 2 is 1.59 bits per heavy atom. The molecule has 2 N–H and O–H groups in total. The number of hydrogen-bond acceptors (Lipinski definition) is 4. The largest absolute Gasteiger partial charge is 0.493 e. The molecule has 0 fully saturated rings. The van der Waals surface area contributed by atoms with Crippen LogP contribution in [0, 0.1) is 0 Å². The molecule has 116 valence electrons. The third-order valence-electron chi connectivity index (χ3n) is 3.40. The minimum Gasteiger partial charge on any atom is -0.493 e. The molecule has 0 saturated heterocycles. The van der Waals surface area contributed by atoms with Crippen LogP contribution in [-0.2, 0) is 6.42 Å². The summed E-state index contributed by atoms with van der Waals surface area (Å²) in [6, 6.07) is 11.0. The summed E-state index contributed by atoms with van der Waals surface area (Å²) in [4.78, 5) is 11.5. The Morgan fingerprint density at radius 3 is 2.09 bits per heavy atom. The smallest absolute Gasteiger partial charge is 0.248 e. The Hall–Kier alpha value is -2.69. The minimum absolute atomic E-state index is 0.442. The van der Waals surface area contributed by atoms with Gasteiger partial charge in [-0.1, -0.05) is 18.2 Å². The molecule has 0 radical (unpaired) electrons. The van der Waals surface area contributed by atoms with Gasteiger partial charge in [-0.25, -0.2) is 0 Å². The molecule has 5 nitrogen and oxygen atoms in total. The maximum absolute atomic E-state index is 11.5. The minimum atomic E-state index is -0.442. The van der Waals surface area contributed by atoms with Crippen molar-refractivity contribution in [2.75, 3.05) is 21.3 Å². The first-order valence-corrected chi connectivity index (χ1v) is 6.77. The van der Waals surface area contributed by atoms with E-state index in [1.165, 1.54) is 0 Å². The number of benzene rings is 2. The lowest BCUT2D eigenvalue weighted by molar-refractivity contribution is 0.0999. The molecule has 2 aromatic rings. The van der Waals surface area contributed by atoms with Gasteiger partial charge in [0, 0.05) is 5.56 Å². The number of carbonyl (C=O) groups is 1. The predicted molar refractivity (Wildman–Crippen MR) is 83.9 cm³/mol. The van der Waals surface area contributed by atoms with E-state index in [1.807, 2.05) is 24.3 Å². The van der Waals surface area contributed by atoms with Crippen LogP contribution in [-0.4, -0.2) is 27.2 Å². The Morgan fingerprint density at radius 1 is 1.00 bits per heavy atom. The van der Waals surface area contributed by atoms with E-state index in [1.54, 1.807) is 33.5 Å². The van der Waals surface area contributed by atoms with E-state index in [0.717, 1.165) is 11.1 Å². The van der Waals surface area contributed by atoms with Gasteiger partial charge in [0.2, 0.25) is 11.7 Å². The van der Waals surface area contributed by atoms with Crippen molar-refractivity contribution in [3.8, 4) is 17.2 Å². The summed E-state index contributed by atoms with van der Waals surface area (Å²) in [6.45, 7) is 0. The van der Waals surface area contributed by atoms with Crippen LogP contribution in [0.5, 0.6) is 17.2 Å². The van der Waals surface area contributed by atoms with Gasteiger partial charge in [-0.3, -0.25) is 4.79 Å². The van der Waals surface area contributed by atoms with Crippen molar-refractivity contribution in [1.29, 1.82) is 0 Å². The van der Waals surface area contributed by atoms with E-state index in [9.17, 15) is 4.79 Å². The lowest BCUT2D eigenvalue weighted by Crippen LogP contribution is -2.13. The number of ether oxygens (including phenoxy) is 3. The fourth-order valence-electron chi connectivity index (χ4n) is 2.37. The average Bonchev–Trinajstić information content (AvgIpc) is 2.54. The quantitative estimate of drug-likeness (QED) is 0.889. The number of nitrogens with two attached hydrogens (primary N) is 1. The maximum Gasteiger partial charge on any atom is 0.248 e. The fourth-order valence-corrected chi connectivity index (χ4v) is 2.37. The highest BCUT2D eigenvalue weighted by atomic mass is 16.5. The SMILES string of the molecule is COc1cc(Cc2ccccc2C(N)=O)cc(OC)c1OC. The van der Waals surface area contributed by atoms with Gasteiger partial charge in [0.1, 0.15) is 0 Å². The molecule has 2 rings (SSSR count). The van der Waals surface area contributed by atoms with Crippen LogP contribution in [0.15, 0.2) is 36.4 Å². The highest BCUT2D eigenvalue weighted by molar-refractivity contribution is 5.94. The molecule has 1 amide bonds. The van der Waals surface area contributed by atoms with Crippen LogP contribution in [0.3, 0.4) is 0 Å². The van der Waals surface area contributed by atoms with Crippen LogP contribution in [0.25, 0.3) is 0 Å². The van der Waals surface area contributed by atoms with E-state index < -0.39 is 5.91 Å². The first-order chi connectivity index (χ1) is 10.6. The molecular formula is C17H19NO4. The summed E-state index contributed by atoms with van der Waals surface area (Å²) in [7, 11) is 4.69. The van der Waals surface area contributed by atoms with E-state index in [2.05, 4.69) is 0 Å². The summed E-state index contributed by atoms with van der Waals surface area (Å²) >= 11 is 0. The first-order valence-electron chi connectivity index (χ1n) is 6.77. The highest BCUT2D eigenvalue weighted by Gasteiger charge is 2.15. The maximum atomic E-state index is 11.5. The van der Waals surface area contributed by atoms with Crippen LogP contribution >= 0.6 is 0 Å². The van der Waals surface area contributed by atoms with Crippen molar-refractivity contribution in [2.24, 2.45) is 5.73 Å². The van der Waals surface area contributed by atoms with Crippen molar-refractivity contribution in [2.45, 2.75) is 6.42 Å². The molecule has 0 heterocycles. The van der Waals surface area contributed by atoms with Crippen molar-refractivity contribution < 1.29 is 19.0 Å². The zero-order valence-corrected chi connectivity index (χ0v) is 12.9. The van der Waals surface area contributed by atoms with Crippen LogP contribution in [0.2, 0.25) is 0 Å². The Labute approximate surface area is 129 Å². The van der Waals surface area contributed by atoms with Gasteiger partial charge in [0.15, 0.2) is 11.5 Å². The zero-order chi connectivity index (χ0) is 16.1. The third-order valence-corrected chi connectivity index (χ3v) is 3.40. The van der Waals surface area contributed by atoms with E-state index in [4.69, 9.17) is 19.9 Å². The topological polar surface area (TPSA) is 70.8 Å². The van der Waals surface area contributed by atoms with Gasteiger partial charge in [0.25, 0.3) is 0 Å². The lowest BCUT2D eigenvalue weighted by atomic mass is 9.99. The molecule has 0 saturated carbocycles. The van der Waals surface area contributed by atoms with Crippen molar-refractivity contribution in [3.63, 3.8) is 0 Å². The molecule has 0 aliphatic rings. The second-order valence-electron chi connectivity index (χ2n) is 4.73. The van der Waals surface area contributed by atoms with E-state index in [0.29, 0.717) is 29.2 Å². The fraction of sp³-hybridized carbons (Fsp3) is 0.235. The van der Waals surface area contributed by atoms with Gasteiger partial charge in [-0.2, -0.15) is 0 Å². The van der Waals surface area contributed by atoms with Crippen LogP contribution in [0.4, 0.5) is 0 Å². The van der Waals surface area contributed by atoms with Gasteiger partial charge in [0.05, 0.1) is 21.3 Å². The van der Waals surface area contributed by atoms with Crippen LogP contribution in [0.1, 0.15) is 21.5 Å². The number of methoxy groups -OCH3 is 3. The zero-order valence-electron chi connectivity index (χ0n) is 12.9. The first kappa shape index (κ1) is 15.7. The highest BCUT2D eigenvalue weighted by Crippen LogP contribution is 2.38.